The molecule has 0 radical (unpaired) electrons. The maximum atomic E-state index is 12.0. The van der Waals surface area contributed by atoms with E-state index in [4.69, 9.17) is 22.1 Å². The molecule has 0 saturated heterocycles. The summed E-state index contributed by atoms with van der Waals surface area (Å²) in [5, 5.41) is 7.45. The molecule has 0 aliphatic rings. The highest BCUT2D eigenvalue weighted by Gasteiger charge is 2.06. The Morgan fingerprint density at radius 3 is 2.00 bits per heavy atom. The minimum atomic E-state index is -1.63. The number of nitrogens with two attached hydrogens (primary N) is 1. The second-order valence-electron chi connectivity index (χ2n) is 3.42. The summed E-state index contributed by atoms with van der Waals surface area (Å²) in [4.78, 5) is 1.86. The molecule has 0 saturated carbocycles. The number of hydrogen-bond donors (Lipinski definition) is 2. The van der Waals surface area contributed by atoms with Crippen LogP contribution in [-0.4, -0.2) is 40.1 Å². The van der Waals surface area contributed by atoms with Gasteiger partial charge in [-0.2, -0.15) is 8.78 Å². The van der Waals surface area contributed by atoms with Crippen LogP contribution in [0.1, 0.15) is 27.2 Å². The number of rotatable bonds is 5. The van der Waals surface area contributed by atoms with Gasteiger partial charge in [-0.25, -0.2) is 0 Å². The maximum absolute atomic E-state index is 12.0. The van der Waals surface area contributed by atoms with Crippen LogP contribution in [0.25, 0.3) is 0 Å². The van der Waals surface area contributed by atoms with Gasteiger partial charge in [-0.15, -0.1) is 0 Å². The number of thiocarbonyl (C=S) groups is 2. The lowest BCUT2D eigenvalue weighted by molar-refractivity contribution is 0.249. The van der Waals surface area contributed by atoms with E-state index in [1.807, 2.05) is 18.7 Å². The first kappa shape index (κ1) is 20.3. The normalized spacial score (nSPS) is 8.89. The van der Waals surface area contributed by atoms with Crippen LogP contribution in [0.15, 0.2) is 11.7 Å². The third kappa shape index (κ3) is 13.2. The summed E-state index contributed by atoms with van der Waals surface area (Å²) in [5.41, 5.74) is 4.45. The molecule has 3 N–H and O–H groups in total. The van der Waals surface area contributed by atoms with Crippen LogP contribution >= 0.6 is 24.4 Å². The topological polar surface area (TPSA) is 58.7 Å². The van der Waals surface area contributed by atoms with E-state index < -0.39 is 11.3 Å². The highest BCUT2D eigenvalue weighted by Crippen LogP contribution is 2.10. The standard InChI is InChI=1S/C10H17F2NOS.CH3NOS/c1-4-13(5-2)10(15)14-7-6-8(3)9(11)12;2-1(3)4/h4-7H2,1-3H3;(H3,2,3,4). The first-order valence-corrected chi connectivity index (χ1v) is 6.48. The molecule has 0 atom stereocenters. The molecule has 8 heteroatoms. The van der Waals surface area contributed by atoms with Crippen molar-refractivity contribution >= 4 is 34.8 Å². The van der Waals surface area contributed by atoms with E-state index in [2.05, 4.69) is 18.0 Å². The fourth-order valence-electron chi connectivity index (χ4n) is 0.959. The molecule has 0 spiro atoms. The van der Waals surface area contributed by atoms with Crippen molar-refractivity contribution in [3.05, 3.63) is 11.7 Å². The summed E-state index contributed by atoms with van der Waals surface area (Å²) >= 11 is 8.86. The predicted octanol–water partition coefficient (Wildman–Crippen LogP) is 2.98. The van der Waals surface area contributed by atoms with Crippen molar-refractivity contribution in [3.63, 3.8) is 0 Å². The molecule has 0 rings (SSSR count). The van der Waals surface area contributed by atoms with Gasteiger partial charge in [0, 0.05) is 19.5 Å². The van der Waals surface area contributed by atoms with Crippen molar-refractivity contribution < 1.29 is 18.6 Å². The van der Waals surface area contributed by atoms with Gasteiger partial charge in [0.2, 0.25) is 0 Å². The van der Waals surface area contributed by atoms with Gasteiger partial charge in [0.15, 0.2) is 0 Å². The van der Waals surface area contributed by atoms with Crippen LogP contribution in [0.2, 0.25) is 0 Å². The summed E-state index contributed by atoms with van der Waals surface area (Å²) in [6.45, 7) is 7.05. The molecule has 19 heavy (non-hydrogen) atoms. The number of nitrogens with zero attached hydrogens (tertiary/aromatic N) is 1. The highest BCUT2D eigenvalue weighted by atomic mass is 32.1. The Morgan fingerprint density at radius 2 is 1.68 bits per heavy atom. The summed E-state index contributed by atoms with van der Waals surface area (Å²) in [6.07, 6.45) is -1.42. The quantitative estimate of drug-likeness (QED) is 0.761. The Morgan fingerprint density at radius 1 is 1.26 bits per heavy atom. The Balaban J connectivity index is 0. The molecule has 0 aromatic carbocycles. The van der Waals surface area contributed by atoms with Crippen LogP contribution in [0, 0.1) is 0 Å². The van der Waals surface area contributed by atoms with Crippen molar-refractivity contribution in [3.8, 4) is 0 Å². The minimum Gasteiger partial charge on any atom is -0.487 e. The van der Waals surface area contributed by atoms with E-state index in [1.165, 1.54) is 6.92 Å². The van der Waals surface area contributed by atoms with Gasteiger partial charge in [0.1, 0.15) is 0 Å². The zero-order valence-electron chi connectivity index (χ0n) is 11.3. The van der Waals surface area contributed by atoms with Crippen molar-refractivity contribution in [1.82, 2.24) is 4.90 Å². The average Bonchev–Trinajstić information content (AvgIpc) is 2.29. The number of ether oxygens (including phenoxy) is 1. The van der Waals surface area contributed by atoms with Gasteiger partial charge in [-0.1, -0.05) is 0 Å². The molecule has 0 aromatic heterocycles. The van der Waals surface area contributed by atoms with Gasteiger partial charge in [0.25, 0.3) is 16.4 Å². The zero-order valence-corrected chi connectivity index (χ0v) is 12.9. The molecule has 4 nitrogen and oxygen atoms in total. The summed E-state index contributed by atoms with van der Waals surface area (Å²) < 4.78 is 29.2. The third-order valence-corrected chi connectivity index (χ3v) is 2.42. The van der Waals surface area contributed by atoms with Gasteiger partial charge < -0.3 is 20.5 Å². The number of aliphatic hydroxyl groups excluding tert-OH is 1. The van der Waals surface area contributed by atoms with Crippen LogP contribution < -0.4 is 5.73 Å². The number of aliphatic hydroxyl groups is 1. The van der Waals surface area contributed by atoms with Crippen molar-refractivity contribution in [1.29, 1.82) is 0 Å². The molecule has 0 fully saturated rings. The molecular weight excluding hydrogens is 294 g/mol. The summed E-state index contributed by atoms with van der Waals surface area (Å²) in [6, 6.07) is 0. The number of hydrogen-bond acceptors (Lipinski definition) is 3. The minimum absolute atomic E-state index is 0.0531. The summed E-state index contributed by atoms with van der Waals surface area (Å²) in [7, 11) is 0. The highest BCUT2D eigenvalue weighted by molar-refractivity contribution is 7.80. The fraction of sp³-hybridized carbons (Fsp3) is 0.636. The van der Waals surface area contributed by atoms with Crippen molar-refractivity contribution in [2.75, 3.05) is 19.7 Å². The van der Waals surface area contributed by atoms with E-state index in [-0.39, 0.29) is 18.6 Å². The van der Waals surface area contributed by atoms with E-state index >= 15 is 0 Å². The first-order valence-electron chi connectivity index (χ1n) is 5.67. The smallest absolute Gasteiger partial charge is 0.269 e. The van der Waals surface area contributed by atoms with Gasteiger partial charge in [0.05, 0.1) is 6.61 Å². The fourth-order valence-corrected chi connectivity index (χ4v) is 1.30. The molecule has 0 unspecified atom stereocenters. The lowest BCUT2D eigenvalue weighted by atomic mass is 10.2. The van der Waals surface area contributed by atoms with Crippen molar-refractivity contribution in [2.45, 2.75) is 27.2 Å². The Kier molecular flexibility index (Phi) is 12.9. The predicted molar refractivity (Wildman–Crippen MR) is 80.4 cm³/mol. The maximum Gasteiger partial charge on any atom is 0.269 e. The van der Waals surface area contributed by atoms with Crippen molar-refractivity contribution in [2.24, 2.45) is 5.73 Å². The second kappa shape index (κ2) is 12.0. The van der Waals surface area contributed by atoms with Gasteiger partial charge >= 0.3 is 0 Å². The SMILES string of the molecule is CCN(CC)C(=S)OCCC(C)=C(F)F.NC(O)=S. The molecule has 0 aliphatic carbocycles. The lowest BCUT2D eigenvalue weighted by Crippen LogP contribution is -2.31. The Bertz CT molecular complexity index is 314. The monoisotopic (exact) mass is 314 g/mol. The average molecular weight is 314 g/mol. The van der Waals surface area contributed by atoms with Crippen LogP contribution in [-0.2, 0) is 4.74 Å². The second-order valence-corrected chi connectivity index (χ2v) is 4.18. The molecule has 0 amide bonds. The largest absolute Gasteiger partial charge is 0.487 e. The summed E-state index contributed by atoms with van der Waals surface area (Å²) in [5.74, 6) is 0. The van der Waals surface area contributed by atoms with E-state index in [9.17, 15) is 8.78 Å². The Labute approximate surface area is 123 Å². The third-order valence-electron chi connectivity index (χ3n) is 2.05. The van der Waals surface area contributed by atoms with Crippen LogP contribution in [0.3, 0.4) is 0 Å². The van der Waals surface area contributed by atoms with E-state index in [0.29, 0.717) is 5.17 Å². The lowest BCUT2D eigenvalue weighted by Gasteiger charge is -2.21. The van der Waals surface area contributed by atoms with E-state index in [0.717, 1.165) is 13.1 Å². The molecule has 0 aromatic rings. The molecular formula is C11H20F2N2O2S2. The molecule has 0 aliphatic heterocycles. The van der Waals surface area contributed by atoms with Gasteiger partial charge in [-0.3, -0.25) is 0 Å². The number of halogens is 2. The Hall–Kier alpha value is -1.02. The first-order chi connectivity index (χ1) is 8.76. The molecule has 0 heterocycles. The van der Waals surface area contributed by atoms with Crippen LogP contribution in [0.4, 0.5) is 8.78 Å². The van der Waals surface area contributed by atoms with Crippen LogP contribution in [0.5, 0.6) is 0 Å². The van der Waals surface area contributed by atoms with E-state index in [1.54, 1.807) is 0 Å². The molecule has 112 valence electrons. The van der Waals surface area contributed by atoms with Gasteiger partial charge in [-0.05, 0) is 50.8 Å². The zero-order chi connectivity index (χ0) is 15.4. The molecule has 0 bridgehead atoms.